The summed E-state index contributed by atoms with van der Waals surface area (Å²) in [5.74, 6) is -0.605. The Hall–Kier alpha value is -1.80. The van der Waals surface area contributed by atoms with Crippen LogP contribution in [0, 0.1) is 5.82 Å². The second-order valence-corrected chi connectivity index (χ2v) is 8.99. The van der Waals surface area contributed by atoms with Crippen molar-refractivity contribution in [1.82, 2.24) is 15.1 Å². The molecule has 1 aromatic heterocycles. The summed E-state index contributed by atoms with van der Waals surface area (Å²) in [5.41, 5.74) is 8.03. The molecule has 1 unspecified atom stereocenters. The van der Waals surface area contributed by atoms with Gasteiger partial charge in [0, 0.05) is 25.2 Å². The van der Waals surface area contributed by atoms with Crippen LogP contribution in [0.5, 0.6) is 0 Å². The largest absolute Gasteiger partial charge is 0.347 e. The predicted molar refractivity (Wildman–Crippen MR) is 110 cm³/mol. The van der Waals surface area contributed by atoms with Gasteiger partial charge in [-0.3, -0.25) is 9.48 Å². The highest BCUT2D eigenvalue weighted by Gasteiger charge is 2.25. The van der Waals surface area contributed by atoms with Gasteiger partial charge in [-0.1, -0.05) is 34.4 Å². The molecule has 1 aliphatic rings. The van der Waals surface area contributed by atoms with E-state index < -0.39 is 10.1 Å². The molecule has 144 valence electrons. The number of carbonyl (C=O) groups is 1. The van der Waals surface area contributed by atoms with Crippen molar-refractivity contribution in [3.63, 3.8) is 0 Å². The first kappa shape index (κ1) is 19.9. The summed E-state index contributed by atoms with van der Waals surface area (Å²) in [6.45, 7) is 0.226. The number of aromatic nitrogens is 2. The normalized spacial score (nSPS) is 18.8. The molecule has 0 saturated carbocycles. The summed E-state index contributed by atoms with van der Waals surface area (Å²) in [6, 6.07) is 5.91. The molecule has 1 aliphatic heterocycles. The standard InChI is InChI=1S/C18H19Cl2FN4OS/c1-25-17(15(19)9-23-25)12-7-16(27(20)10-12)18(26)24-14(8-22)6-11-3-2-4-13(21)5-11/h2-5,7,9-10,14,27H,6,8,22H2,1H3,(H,24,26)/t14-/m0/s1. The molecular formula is C18H19Cl2FN4OS. The molecule has 2 heterocycles. The maximum Gasteiger partial charge on any atom is 0.257 e. The molecule has 2 aromatic rings. The van der Waals surface area contributed by atoms with E-state index in [4.69, 9.17) is 28.0 Å². The molecule has 9 heteroatoms. The molecule has 1 aromatic carbocycles. The number of hydrogen-bond donors (Lipinski definition) is 3. The smallest absolute Gasteiger partial charge is 0.257 e. The zero-order valence-electron chi connectivity index (χ0n) is 14.5. The highest BCUT2D eigenvalue weighted by molar-refractivity contribution is 8.42. The fourth-order valence-corrected chi connectivity index (χ4v) is 4.93. The van der Waals surface area contributed by atoms with Crippen molar-refractivity contribution >= 4 is 43.9 Å². The predicted octanol–water partition coefficient (Wildman–Crippen LogP) is 3.29. The Morgan fingerprint density at radius 1 is 1.48 bits per heavy atom. The number of rotatable bonds is 6. The van der Waals surface area contributed by atoms with Crippen LogP contribution in [-0.2, 0) is 18.3 Å². The molecule has 0 saturated heterocycles. The lowest BCUT2D eigenvalue weighted by Gasteiger charge is -2.19. The van der Waals surface area contributed by atoms with Crippen LogP contribution >= 0.6 is 32.4 Å². The van der Waals surface area contributed by atoms with Crippen molar-refractivity contribution in [2.45, 2.75) is 12.5 Å². The highest BCUT2D eigenvalue weighted by atomic mass is 35.7. The lowest BCUT2D eigenvalue weighted by Crippen LogP contribution is -2.42. The van der Waals surface area contributed by atoms with Gasteiger partial charge in [0.2, 0.25) is 0 Å². The Morgan fingerprint density at radius 2 is 2.26 bits per heavy atom. The second kappa shape index (κ2) is 8.48. The van der Waals surface area contributed by atoms with Gasteiger partial charge in [-0.25, -0.2) is 4.39 Å². The summed E-state index contributed by atoms with van der Waals surface area (Å²) in [5, 5.41) is 9.30. The molecule has 3 N–H and O–H groups in total. The summed E-state index contributed by atoms with van der Waals surface area (Å²) in [4.78, 5) is 13.2. The number of nitrogens with one attached hydrogen (secondary N) is 1. The van der Waals surface area contributed by atoms with E-state index in [1.807, 2.05) is 5.41 Å². The first-order valence-electron chi connectivity index (χ1n) is 8.20. The van der Waals surface area contributed by atoms with Gasteiger partial charge in [-0.05, 0) is 35.6 Å². The van der Waals surface area contributed by atoms with E-state index in [9.17, 15) is 9.18 Å². The number of thiol groups is 1. The van der Waals surface area contributed by atoms with Gasteiger partial charge >= 0.3 is 0 Å². The Balaban J connectivity index is 1.72. The number of nitrogens with zero attached hydrogens (tertiary/aromatic N) is 2. The Morgan fingerprint density at radius 3 is 2.89 bits per heavy atom. The van der Waals surface area contributed by atoms with E-state index in [0.29, 0.717) is 22.0 Å². The minimum atomic E-state index is -1.28. The Kier molecular flexibility index (Phi) is 6.26. The van der Waals surface area contributed by atoms with Crippen molar-refractivity contribution < 1.29 is 9.18 Å². The van der Waals surface area contributed by atoms with E-state index in [2.05, 4.69) is 10.4 Å². The molecule has 3 rings (SSSR count). The van der Waals surface area contributed by atoms with Crippen LogP contribution in [0.2, 0.25) is 5.02 Å². The molecule has 0 aliphatic carbocycles. The van der Waals surface area contributed by atoms with E-state index >= 15 is 0 Å². The molecule has 0 bridgehead atoms. The maximum atomic E-state index is 13.4. The maximum absolute atomic E-state index is 13.4. The van der Waals surface area contributed by atoms with Crippen LogP contribution < -0.4 is 11.1 Å². The number of carbonyl (C=O) groups excluding carboxylic acids is 1. The zero-order valence-corrected chi connectivity index (χ0v) is 16.9. The second-order valence-electron chi connectivity index (χ2n) is 6.13. The summed E-state index contributed by atoms with van der Waals surface area (Å²) >= 11 is 6.17. The van der Waals surface area contributed by atoms with E-state index in [0.717, 1.165) is 11.1 Å². The average Bonchev–Trinajstić information content (AvgIpc) is 3.16. The van der Waals surface area contributed by atoms with Crippen LogP contribution in [0.1, 0.15) is 11.3 Å². The van der Waals surface area contributed by atoms with Crippen molar-refractivity contribution in [1.29, 1.82) is 0 Å². The molecule has 27 heavy (non-hydrogen) atoms. The van der Waals surface area contributed by atoms with Gasteiger partial charge in [0.25, 0.3) is 5.91 Å². The first-order valence-corrected chi connectivity index (χ1v) is 10.9. The van der Waals surface area contributed by atoms with Crippen molar-refractivity contribution in [3.05, 3.63) is 68.9 Å². The molecule has 2 atom stereocenters. The summed E-state index contributed by atoms with van der Waals surface area (Å²) in [6.07, 6.45) is 3.71. The molecule has 0 fully saturated rings. The fourth-order valence-electron chi connectivity index (χ4n) is 2.87. The third-order valence-electron chi connectivity index (χ3n) is 4.17. The number of hydrogen-bond acceptors (Lipinski definition) is 3. The van der Waals surface area contributed by atoms with E-state index in [1.54, 1.807) is 36.1 Å². The number of aryl methyl sites for hydroxylation is 1. The van der Waals surface area contributed by atoms with Crippen LogP contribution in [-0.4, -0.2) is 28.3 Å². The number of benzene rings is 1. The molecule has 5 nitrogen and oxygen atoms in total. The SMILES string of the molecule is Cn1ncc(Cl)c1C1=C[SH](Cl)C(C(=O)N[C@H](CN)Cc2cccc(F)c2)=C1. The minimum absolute atomic E-state index is 0.226. The fraction of sp³-hybridized carbons (Fsp3) is 0.222. The first-order chi connectivity index (χ1) is 12.9. The Bertz CT molecular complexity index is 908. The van der Waals surface area contributed by atoms with Crippen molar-refractivity contribution in [2.24, 2.45) is 12.8 Å². The summed E-state index contributed by atoms with van der Waals surface area (Å²) in [7, 11) is 6.90. The van der Waals surface area contributed by atoms with Crippen LogP contribution in [0.15, 0.2) is 46.9 Å². The number of allylic oxidation sites excluding steroid dienone is 2. The van der Waals surface area contributed by atoms with Crippen molar-refractivity contribution in [2.75, 3.05) is 6.54 Å². The van der Waals surface area contributed by atoms with Gasteiger partial charge in [-0.2, -0.15) is 5.10 Å². The third-order valence-corrected chi connectivity index (χ3v) is 6.58. The van der Waals surface area contributed by atoms with Crippen LogP contribution in [0.3, 0.4) is 0 Å². The monoisotopic (exact) mass is 428 g/mol. The quantitative estimate of drug-likeness (QED) is 0.617. The highest BCUT2D eigenvalue weighted by Crippen LogP contribution is 2.50. The van der Waals surface area contributed by atoms with Crippen molar-refractivity contribution in [3.8, 4) is 0 Å². The van der Waals surface area contributed by atoms with E-state index in [-0.39, 0.29) is 24.3 Å². The Labute approximate surface area is 168 Å². The number of halogens is 3. The minimum Gasteiger partial charge on any atom is -0.347 e. The average molecular weight is 429 g/mol. The summed E-state index contributed by atoms with van der Waals surface area (Å²) < 4.78 is 15.0. The van der Waals surface area contributed by atoms with Gasteiger partial charge in [0.05, 0.1) is 21.8 Å². The van der Waals surface area contributed by atoms with Gasteiger partial charge in [-0.15, -0.1) is 10.1 Å². The topological polar surface area (TPSA) is 72.9 Å². The molecule has 1 amide bonds. The molecule has 0 spiro atoms. The lowest BCUT2D eigenvalue weighted by atomic mass is 10.1. The van der Waals surface area contributed by atoms with Gasteiger partial charge in [0.15, 0.2) is 0 Å². The zero-order chi connectivity index (χ0) is 19.6. The number of nitrogens with two attached hydrogens (primary N) is 1. The van der Waals surface area contributed by atoms with Gasteiger partial charge < -0.3 is 11.1 Å². The van der Waals surface area contributed by atoms with Crippen LogP contribution in [0.4, 0.5) is 4.39 Å². The third kappa shape index (κ3) is 4.55. The van der Waals surface area contributed by atoms with Gasteiger partial charge in [0.1, 0.15) is 5.82 Å². The lowest BCUT2D eigenvalue weighted by molar-refractivity contribution is -0.117. The van der Waals surface area contributed by atoms with Crippen LogP contribution in [0.25, 0.3) is 5.57 Å². The molecular weight excluding hydrogens is 410 g/mol. The number of amides is 1. The van der Waals surface area contributed by atoms with E-state index in [1.165, 1.54) is 12.1 Å². The molecule has 0 radical (unpaired) electrons.